The number of fused-ring (bicyclic) bond motifs is 1. The Balaban J connectivity index is 2.24. The second-order valence-electron chi connectivity index (χ2n) is 4.14. The zero-order valence-corrected chi connectivity index (χ0v) is 11.1. The van der Waals surface area contributed by atoms with E-state index in [9.17, 15) is 0 Å². The molecule has 0 aliphatic carbocycles. The van der Waals surface area contributed by atoms with E-state index in [2.05, 4.69) is 35.9 Å². The fourth-order valence-corrected chi connectivity index (χ4v) is 2.93. The topological polar surface area (TPSA) is 28.7 Å². The maximum absolute atomic E-state index is 6.11. The van der Waals surface area contributed by atoms with Crippen LogP contribution in [0.15, 0.2) is 23.6 Å². The molecule has 0 aliphatic heterocycles. The van der Waals surface area contributed by atoms with Crippen LogP contribution in [0.3, 0.4) is 0 Å². The molecule has 86 valence electrons. The Kier molecular flexibility index (Phi) is 2.45. The maximum Gasteiger partial charge on any atom is 0.150 e. The maximum atomic E-state index is 6.11. The van der Waals surface area contributed by atoms with Gasteiger partial charge in [0.2, 0.25) is 0 Å². The lowest BCUT2D eigenvalue weighted by atomic mass is 10.1. The summed E-state index contributed by atoms with van der Waals surface area (Å²) < 4.78 is 0. The highest BCUT2D eigenvalue weighted by molar-refractivity contribution is 7.14. The second-order valence-corrected chi connectivity index (χ2v) is 5.46. The van der Waals surface area contributed by atoms with Gasteiger partial charge in [-0.2, -0.15) is 0 Å². The Hall–Kier alpha value is -1.32. The fourth-order valence-electron chi connectivity index (χ4n) is 1.84. The van der Waals surface area contributed by atoms with Gasteiger partial charge in [0.1, 0.15) is 5.82 Å². The van der Waals surface area contributed by atoms with Crippen LogP contribution in [0, 0.1) is 13.8 Å². The number of nitrogens with one attached hydrogen (secondary N) is 1. The smallest absolute Gasteiger partial charge is 0.150 e. The van der Waals surface area contributed by atoms with Gasteiger partial charge in [-0.25, -0.2) is 4.98 Å². The van der Waals surface area contributed by atoms with Crippen molar-refractivity contribution in [2.24, 2.45) is 0 Å². The van der Waals surface area contributed by atoms with Crippen LogP contribution in [-0.4, -0.2) is 9.97 Å². The van der Waals surface area contributed by atoms with Gasteiger partial charge in [-0.15, -0.1) is 11.3 Å². The first-order valence-electron chi connectivity index (χ1n) is 5.35. The van der Waals surface area contributed by atoms with E-state index in [1.807, 2.05) is 11.4 Å². The average Bonchev–Trinajstić information content (AvgIpc) is 2.85. The molecule has 0 aliphatic rings. The molecule has 3 aromatic rings. The molecule has 0 amide bonds. The van der Waals surface area contributed by atoms with Crippen molar-refractivity contribution in [3.8, 4) is 10.7 Å². The van der Waals surface area contributed by atoms with E-state index < -0.39 is 0 Å². The van der Waals surface area contributed by atoms with E-state index in [0.29, 0.717) is 0 Å². The van der Waals surface area contributed by atoms with Crippen LogP contribution in [0.5, 0.6) is 0 Å². The summed E-state index contributed by atoms with van der Waals surface area (Å²) in [6.45, 7) is 4.20. The van der Waals surface area contributed by atoms with E-state index in [0.717, 1.165) is 26.8 Å². The minimum absolute atomic E-state index is 0.752. The summed E-state index contributed by atoms with van der Waals surface area (Å²) in [5.74, 6) is 0.852. The van der Waals surface area contributed by atoms with Crippen LogP contribution in [0.4, 0.5) is 0 Å². The Morgan fingerprint density at radius 1 is 1.24 bits per heavy atom. The molecule has 0 saturated carbocycles. The molecule has 0 radical (unpaired) electrons. The first-order valence-corrected chi connectivity index (χ1v) is 6.61. The van der Waals surface area contributed by atoms with E-state index in [1.165, 1.54) is 11.1 Å². The third-order valence-electron chi connectivity index (χ3n) is 2.93. The molecule has 4 heteroatoms. The number of aromatic nitrogens is 2. The molecule has 3 rings (SSSR count). The first-order chi connectivity index (χ1) is 8.15. The molecule has 0 spiro atoms. The quantitative estimate of drug-likeness (QED) is 0.684. The van der Waals surface area contributed by atoms with Crippen LogP contribution < -0.4 is 0 Å². The highest BCUT2D eigenvalue weighted by atomic mass is 35.5. The lowest BCUT2D eigenvalue weighted by Gasteiger charge is -1.97. The van der Waals surface area contributed by atoms with Gasteiger partial charge < -0.3 is 4.98 Å². The lowest BCUT2D eigenvalue weighted by Crippen LogP contribution is -1.79. The molecule has 0 saturated heterocycles. The number of aromatic amines is 1. The van der Waals surface area contributed by atoms with Gasteiger partial charge in [0, 0.05) is 0 Å². The van der Waals surface area contributed by atoms with Crippen LogP contribution >= 0.6 is 22.9 Å². The Morgan fingerprint density at radius 3 is 2.71 bits per heavy atom. The van der Waals surface area contributed by atoms with Gasteiger partial charge >= 0.3 is 0 Å². The predicted octanol–water partition coefficient (Wildman–Crippen LogP) is 4.56. The van der Waals surface area contributed by atoms with Crippen LogP contribution in [0.25, 0.3) is 21.7 Å². The number of nitrogens with zero attached hydrogens (tertiary/aromatic N) is 1. The van der Waals surface area contributed by atoms with Gasteiger partial charge in [0.05, 0.1) is 20.9 Å². The molecular formula is C13H11ClN2S. The standard InChI is InChI=1S/C13H11ClN2S/c1-7-5-10-11(6-8(7)2)16-13(15-10)12-9(14)3-4-17-12/h3-6H,1-2H3,(H,15,16). The van der Waals surface area contributed by atoms with E-state index >= 15 is 0 Å². The van der Waals surface area contributed by atoms with Crippen molar-refractivity contribution < 1.29 is 0 Å². The summed E-state index contributed by atoms with van der Waals surface area (Å²) in [4.78, 5) is 8.91. The van der Waals surface area contributed by atoms with Crippen LogP contribution in [-0.2, 0) is 0 Å². The van der Waals surface area contributed by atoms with Gasteiger partial charge in [0.25, 0.3) is 0 Å². The van der Waals surface area contributed by atoms with Gasteiger partial charge in [-0.05, 0) is 48.6 Å². The predicted molar refractivity (Wildman–Crippen MR) is 73.9 cm³/mol. The van der Waals surface area contributed by atoms with Crippen molar-refractivity contribution in [1.82, 2.24) is 9.97 Å². The van der Waals surface area contributed by atoms with Gasteiger partial charge in [-0.1, -0.05) is 11.6 Å². The SMILES string of the molecule is Cc1cc2nc(-c3sccc3Cl)[nH]c2cc1C. The van der Waals surface area contributed by atoms with Crippen LogP contribution in [0.2, 0.25) is 5.02 Å². The third-order valence-corrected chi connectivity index (χ3v) is 4.28. The number of thiophene rings is 1. The third kappa shape index (κ3) is 1.75. The Bertz CT molecular complexity index is 658. The fraction of sp³-hybridized carbons (Fsp3) is 0.154. The number of rotatable bonds is 1. The number of halogens is 1. The molecule has 0 bridgehead atoms. The van der Waals surface area contributed by atoms with Gasteiger partial charge in [0.15, 0.2) is 0 Å². The lowest BCUT2D eigenvalue weighted by molar-refractivity contribution is 1.35. The Morgan fingerprint density at radius 2 is 2.00 bits per heavy atom. The number of benzene rings is 1. The summed E-state index contributed by atoms with van der Waals surface area (Å²) in [5.41, 5.74) is 4.58. The van der Waals surface area contributed by atoms with Crippen molar-refractivity contribution >= 4 is 34.0 Å². The highest BCUT2D eigenvalue weighted by Crippen LogP contribution is 2.32. The van der Waals surface area contributed by atoms with Crippen molar-refractivity contribution in [3.63, 3.8) is 0 Å². The number of H-pyrrole nitrogens is 1. The molecule has 1 N–H and O–H groups in total. The molecule has 2 aromatic heterocycles. The van der Waals surface area contributed by atoms with Crippen molar-refractivity contribution in [1.29, 1.82) is 0 Å². The molecular weight excluding hydrogens is 252 g/mol. The molecule has 2 heterocycles. The number of hydrogen-bond donors (Lipinski definition) is 1. The molecule has 2 nitrogen and oxygen atoms in total. The second kappa shape index (κ2) is 3.86. The van der Waals surface area contributed by atoms with Crippen molar-refractivity contribution in [3.05, 3.63) is 39.7 Å². The zero-order valence-electron chi connectivity index (χ0n) is 9.54. The van der Waals surface area contributed by atoms with E-state index in [4.69, 9.17) is 11.6 Å². The molecule has 1 aromatic carbocycles. The largest absolute Gasteiger partial charge is 0.337 e. The minimum atomic E-state index is 0.752. The number of aryl methyl sites for hydroxylation is 2. The normalized spacial score (nSPS) is 11.2. The van der Waals surface area contributed by atoms with Crippen molar-refractivity contribution in [2.45, 2.75) is 13.8 Å². The molecule has 0 fully saturated rings. The first kappa shape index (κ1) is 10.8. The minimum Gasteiger partial charge on any atom is -0.337 e. The summed E-state index contributed by atoms with van der Waals surface area (Å²) in [6, 6.07) is 6.13. The van der Waals surface area contributed by atoms with E-state index in [-0.39, 0.29) is 0 Å². The molecule has 0 atom stereocenters. The summed E-state index contributed by atoms with van der Waals surface area (Å²) in [5, 5.41) is 2.73. The van der Waals surface area contributed by atoms with Gasteiger partial charge in [-0.3, -0.25) is 0 Å². The van der Waals surface area contributed by atoms with E-state index in [1.54, 1.807) is 11.3 Å². The molecule has 17 heavy (non-hydrogen) atoms. The summed E-state index contributed by atoms with van der Waals surface area (Å²) >= 11 is 7.72. The monoisotopic (exact) mass is 262 g/mol. The zero-order chi connectivity index (χ0) is 12.0. The Labute approximate surface area is 108 Å². The number of hydrogen-bond acceptors (Lipinski definition) is 2. The summed E-state index contributed by atoms with van der Waals surface area (Å²) in [7, 11) is 0. The highest BCUT2D eigenvalue weighted by Gasteiger charge is 2.10. The van der Waals surface area contributed by atoms with Crippen molar-refractivity contribution in [2.75, 3.05) is 0 Å². The number of imidazole rings is 1. The van der Waals surface area contributed by atoms with Crippen LogP contribution in [0.1, 0.15) is 11.1 Å². The molecule has 0 unspecified atom stereocenters. The average molecular weight is 263 g/mol. The summed E-state index contributed by atoms with van der Waals surface area (Å²) in [6.07, 6.45) is 0.